The molecule has 1 heterocycles. The van der Waals surface area contributed by atoms with Crippen molar-refractivity contribution in [3.8, 4) is 5.88 Å². The molecule has 1 aliphatic rings. The van der Waals surface area contributed by atoms with Crippen LogP contribution in [0.3, 0.4) is 0 Å². The highest BCUT2D eigenvalue weighted by Crippen LogP contribution is 2.44. The predicted molar refractivity (Wildman–Crippen MR) is 54.9 cm³/mol. The lowest BCUT2D eigenvalue weighted by molar-refractivity contribution is 0.392. The third kappa shape index (κ3) is 1.63. The number of aromatic nitrogens is 1. The lowest BCUT2D eigenvalue weighted by Crippen LogP contribution is -1.98. The molecule has 0 amide bonds. The monoisotopic (exact) mass is 242 g/mol. The van der Waals surface area contributed by atoms with Crippen LogP contribution in [0.1, 0.15) is 24.3 Å². The van der Waals surface area contributed by atoms with Crippen LogP contribution < -0.4 is 10.5 Å². The fourth-order valence-electron chi connectivity index (χ4n) is 1.36. The predicted octanol–water partition coefficient (Wildman–Crippen LogP) is 2.31. The molecule has 0 radical (unpaired) electrons. The summed E-state index contributed by atoms with van der Waals surface area (Å²) in [6.07, 6.45) is 2.44. The molecule has 0 aliphatic heterocycles. The first kappa shape index (κ1) is 8.81. The summed E-state index contributed by atoms with van der Waals surface area (Å²) in [7, 11) is 1.64. The van der Waals surface area contributed by atoms with Gasteiger partial charge in [0.1, 0.15) is 4.60 Å². The second-order valence-corrected chi connectivity index (χ2v) is 3.99. The fourth-order valence-corrected chi connectivity index (χ4v) is 1.63. The summed E-state index contributed by atoms with van der Waals surface area (Å²) >= 11 is 3.27. The van der Waals surface area contributed by atoms with Gasteiger partial charge in [0, 0.05) is 5.56 Å². The van der Waals surface area contributed by atoms with Gasteiger partial charge in [-0.25, -0.2) is 4.98 Å². The molecule has 70 valence electrons. The Balaban J connectivity index is 2.46. The van der Waals surface area contributed by atoms with Gasteiger partial charge in [-0.2, -0.15) is 0 Å². The van der Waals surface area contributed by atoms with Crippen LogP contribution in [0.15, 0.2) is 10.7 Å². The summed E-state index contributed by atoms with van der Waals surface area (Å²) in [4.78, 5) is 4.22. The van der Waals surface area contributed by atoms with Gasteiger partial charge in [-0.3, -0.25) is 0 Å². The molecule has 13 heavy (non-hydrogen) atoms. The van der Waals surface area contributed by atoms with Crippen molar-refractivity contribution in [2.24, 2.45) is 0 Å². The van der Waals surface area contributed by atoms with E-state index in [9.17, 15) is 0 Å². The Kier molecular flexibility index (Phi) is 2.15. The van der Waals surface area contributed by atoms with Crippen LogP contribution >= 0.6 is 15.9 Å². The Bertz CT molecular complexity index is 337. The zero-order chi connectivity index (χ0) is 9.42. The maximum Gasteiger partial charge on any atom is 0.217 e. The summed E-state index contributed by atoms with van der Waals surface area (Å²) < 4.78 is 5.85. The van der Waals surface area contributed by atoms with Crippen LogP contribution in [0.25, 0.3) is 0 Å². The molecule has 0 aromatic carbocycles. The second-order valence-electron chi connectivity index (χ2n) is 3.24. The lowest BCUT2D eigenvalue weighted by Gasteiger charge is -2.08. The quantitative estimate of drug-likeness (QED) is 0.811. The first-order chi connectivity index (χ1) is 6.22. The standard InChI is InChI=1S/C9H11BrN2O/c1-13-9-6(5-2-3-5)4-7(11)8(10)12-9/h4-5H,2-3,11H2,1H3. The van der Waals surface area contributed by atoms with Crippen LogP contribution in [0, 0.1) is 0 Å². The van der Waals surface area contributed by atoms with Crippen molar-refractivity contribution in [3.63, 3.8) is 0 Å². The molecule has 0 bridgehead atoms. The van der Waals surface area contributed by atoms with E-state index < -0.39 is 0 Å². The minimum atomic E-state index is 0.609. The zero-order valence-corrected chi connectivity index (χ0v) is 8.97. The average Bonchev–Trinajstić information content (AvgIpc) is 2.92. The average molecular weight is 243 g/mol. The summed E-state index contributed by atoms with van der Waals surface area (Å²) in [5.41, 5.74) is 7.57. The highest BCUT2D eigenvalue weighted by atomic mass is 79.9. The summed E-state index contributed by atoms with van der Waals surface area (Å²) in [5.74, 6) is 1.31. The van der Waals surface area contributed by atoms with E-state index in [0.29, 0.717) is 22.1 Å². The van der Waals surface area contributed by atoms with E-state index in [1.807, 2.05) is 6.07 Å². The van der Waals surface area contributed by atoms with Gasteiger partial charge in [0.2, 0.25) is 5.88 Å². The van der Waals surface area contributed by atoms with Crippen LogP contribution in [-0.2, 0) is 0 Å². The van der Waals surface area contributed by atoms with Crippen LogP contribution in [0.5, 0.6) is 5.88 Å². The fraction of sp³-hybridized carbons (Fsp3) is 0.444. The molecule has 2 N–H and O–H groups in total. The largest absolute Gasteiger partial charge is 0.481 e. The number of pyridine rings is 1. The van der Waals surface area contributed by atoms with Crippen molar-refractivity contribution >= 4 is 21.6 Å². The third-order valence-electron chi connectivity index (χ3n) is 2.21. The Labute approximate surface area is 85.4 Å². The summed E-state index contributed by atoms with van der Waals surface area (Å²) in [6.45, 7) is 0. The molecule has 0 spiro atoms. The number of nitrogen functional groups attached to an aromatic ring is 1. The minimum absolute atomic E-state index is 0.609. The smallest absolute Gasteiger partial charge is 0.217 e. The Morgan fingerprint density at radius 3 is 2.85 bits per heavy atom. The minimum Gasteiger partial charge on any atom is -0.481 e. The maximum atomic E-state index is 5.74. The first-order valence-corrected chi connectivity index (χ1v) is 5.01. The molecule has 1 aromatic heterocycles. The number of rotatable bonds is 2. The van der Waals surface area contributed by atoms with Crippen molar-refractivity contribution in [2.75, 3.05) is 12.8 Å². The SMILES string of the molecule is COc1nc(Br)c(N)cc1C1CC1. The van der Waals surface area contributed by atoms with E-state index in [4.69, 9.17) is 10.5 Å². The number of anilines is 1. The molecule has 0 atom stereocenters. The first-order valence-electron chi connectivity index (χ1n) is 4.22. The van der Waals surface area contributed by atoms with Crippen molar-refractivity contribution in [2.45, 2.75) is 18.8 Å². The zero-order valence-electron chi connectivity index (χ0n) is 7.38. The molecule has 3 nitrogen and oxygen atoms in total. The van der Waals surface area contributed by atoms with Crippen LogP contribution in [-0.4, -0.2) is 12.1 Å². The number of halogens is 1. The summed E-state index contributed by atoms with van der Waals surface area (Å²) in [6, 6.07) is 1.95. The van der Waals surface area contributed by atoms with Gasteiger partial charge < -0.3 is 10.5 Å². The van der Waals surface area contributed by atoms with Crippen molar-refractivity contribution < 1.29 is 4.74 Å². The Morgan fingerprint density at radius 1 is 1.62 bits per heavy atom. The van der Waals surface area contributed by atoms with Crippen molar-refractivity contribution in [3.05, 3.63) is 16.2 Å². The molecule has 0 saturated heterocycles. The maximum absolute atomic E-state index is 5.74. The molecule has 2 rings (SSSR count). The van der Waals surface area contributed by atoms with Gasteiger partial charge in [-0.1, -0.05) is 0 Å². The van der Waals surface area contributed by atoms with Gasteiger partial charge >= 0.3 is 0 Å². The second kappa shape index (κ2) is 3.18. The van der Waals surface area contributed by atoms with E-state index in [1.165, 1.54) is 12.8 Å². The van der Waals surface area contributed by atoms with Crippen molar-refractivity contribution in [1.82, 2.24) is 4.98 Å². The summed E-state index contributed by atoms with van der Waals surface area (Å²) in [5, 5.41) is 0. The Hall–Kier alpha value is -0.770. The van der Waals surface area contributed by atoms with E-state index in [0.717, 1.165) is 5.56 Å². The molecule has 1 fully saturated rings. The molecular weight excluding hydrogens is 232 g/mol. The molecular formula is C9H11BrN2O. The molecule has 1 aliphatic carbocycles. The van der Waals surface area contributed by atoms with E-state index in [1.54, 1.807) is 7.11 Å². The van der Waals surface area contributed by atoms with E-state index in [2.05, 4.69) is 20.9 Å². The molecule has 4 heteroatoms. The number of hydrogen-bond acceptors (Lipinski definition) is 3. The van der Waals surface area contributed by atoms with Crippen LogP contribution in [0.2, 0.25) is 0 Å². The van der Waals surface area contributed by atoms with Crippen LogP contribution in [0.4, 0.5) is 5.69 Å². The molecule has 1 saturated carbocycles. The Morgan fingerprint density at radius 2 is 2.31 bits per heavy atom. The highest BCUT2D eigenvalue weighted by molar-refractivity contribution is 9.10. The lowest BCUT2D eigenvalue weighted by atomic mass is 10.2. The number of methoxy groups -OCH3 is 1. The van der Waals surface area contributed by atoms with Gasteiger partial charge in [-0.05, 0) is 40.8 Å². The van der Waals surface area contributed by atoms with Crippen molar-refractivity contribution in [1.29, 1.82) is 0 Å². The van der Waals surface area contributed by atoms with Gasteiger partial charge in [0.25, 0.3) is 0 Å². The van der Waals surface area contributed by atoms with Gasteiger partial charge in [-0.15, -0.1) is 0 Å². The number of hydrogen-bond donors (Lipinski definition) is 1. The van der Waals surface area contributed by atoms with E-state index >= 15 is 0 Å². The van der Waals surface area contributed by atoms with Gasteiger partial charge in [0.05, 0.1) is 12.8 Å². The number of nitrogens with two attached hydrogens (primary N) is 1. The number of ether oxygens (including phenoxy) is 1. The van der Waals surface area contributed by atoms with Gasteiger partial charge in [0.15, 0.2) is 0 Å². The molecule has 0 unspecified atom stereocenters. The number of nitrogens with zero attached hydrogens (tertiary/aromatic N) is 1. The normalized spacial score (nSPS) is 15.8. The van der Waals surface area contributed by atoms with E-state index in [-0.39, 0.29) is 0 Å². The topological polar surface area (TPSA) is 48.1 Å². The highest BCUT2D eigenvalue weighted by Gasteiger charge is 2.28. The molecule has 1 aromatic rings. The third-order valence-corrected chi connectivity index (χ3v) is 2.84.